The highest BCUT2D eigenvalue weighted by molar-refractivity contribution is 5.94. The Hall–Kier alpha value is -2.41. The van der Waals surface area contributed by atoms with Crippen LogP contribution in [0.3, 0.4) is 0 Å². The highest BCUT2D eigenvalue weighted by Gasteiger charge is 2.39. The average molecular weight is 328 g/mol. The fourth-order valence-electron chi connectivity index (χ4n) is 3.48. The van der Waals surface area contributed by atoms with Gasteiger partial charge in [-0.2, -0.15) is 0 Å². The fraction of sp³-hybridized carbons (Fsp3) is 0.471. The molecule has 0 aromatic carbocycles. The number of ether oxygens (including phenoxy) is 1. The number of fused-ring (bicyclic) bond motifs is 4. The van der Waals surface area contributed by atoms with E-state index in [1.165, 1.54) is 0 Å². The number of aromatic nitrogens is 2. The first-order valence-corrected chi connectivity index (χ1v) is 8.12. The summed E-state index contributed by atoms with van der Waals surface area (Å²) < 4.78 is 7.44. The summed E-state index contributed by atoms with van der Waals surface area (Å²) >= 11 is 0. The van der Waals surface area contributed by atoms with Crippen LogP contribution in [-0.2, 0) is 9.53 Å². The lowest BCUT2D eigenvalue weighted by molar-refractivity contribution is -0.133. The molecule has 4 rings (SSSR count). The summed E-state index contributed by atoms with van der Waals surface area (Å²) in [4.78, 5) is 33.3. The van der Waals surface area contributed by atoms with E-state index in [1.807, 2.05) is 29.7 Å². The van der Waals surface area contributed by atoms with E-state index in [1.54, 1.807) is 23.0 Å². The number of carbonyl (C=O) groups excluding carboxylic acids is 2. The molecule has 2 bridgehead atoms. The lowest BCUT2D eigenvalue weighted by atomic mass is 10.1. The molecule has 2 amide bonds. The third-order valence-electron chi connectivity index (χ3n) is 4.93. The van der Waals surface area contributed by atoms with Gasteiger partial charge in [-0.3, -0.25) is 9.59 Å². The van der Waals surface area contributed by atoms with Gasteiger partial charge in [-0.25, -0.2) is 4.98 Å². The number of likely N-dealkylation sites (N-methyl/N-ethyl adjacent to an activating group) is 1. The van der Waals surface area contributed by atoms with Gasteiger partial charge in [0, 0.05) is 32.5 Å². The number of hydrogen-bond acceptors (Lipinski definition) is 4. The van der Waals surface area contributed by atoms with Crippen LogP contribution in [0.5, 0.6) is 0 Å². The van der Waals surface area contributed by atoms with Crippen LogP contribution in [0, 0.1) is 12.8 Å². The number of pyridine rings is 1. The Morgan fingerprint density at radius 2 is 2.17 bits per heavy atom. The molecule has 7 heteroatoms. The maximum atomic E-state index is 13.0. The van der Waals surface area contributed by atoms with Crippen molar-refractivity contribution in [2.75, 3.05) is 33.4 Å². The molecule has 2 fully saturated rings. The van der Waals surface area contributed by atoms with Gasteiger partial charge in [0.15, 0.2) is 0 Å². The number of amides is 2. The molecular formula is C17H20N4O3. The third-order valence-corrected chi connectivity index (χ3v) is 4.93. The highest BCUT2D eigenvalue weighted by Crippen LogP contribution is 2.21. The van der Waals surface area contributed by atoms with Crippen molar-refractivity contribution in [2.24, 2.45) is 5.92 Å². The van der Waals surface area contributed by atoms with E-state index in [0.717, 1.165) is 11.2 Å². The Labute approximate surface area is 139 Å². The van der Waals surface area contributed by atoms with Crippen molar-refractivity contribution in [1.82, 2.24) is 19.2 Å². The molecule has 0 spiro atoms. The summed E-state index contributed by atoms with van der Waals surface area (Å²) in [5.41, 5.74) is 2.22. The predicted octanol–water partition coefficient (Wildman–Crippen LogP) is 0.572. The summed E-state index contributed by atoms with van der Waals surface area (Å²) in [6, 6.07) is 3.80. The third kappa shape index (κ3) is 2.36. The summed E-state index contributed by atoms with van der Waals surface area (Å²) in [6.07, 6.45) is 3.64. The molecule has 0 unspecified atom stereocenters. The second-order valence-corrected chi connectivity index (χ2v) is 6.60. The molecule has 2 atom stereocenters. The van der Waals surface area contributed by atoms with Crippen molar-refractivity contribution >= 4 is 17.5 Å². The van der Waals surface area contributed by atoms with Crippen LogP contribution in [0.25, 0.3) is 5.65 Å². The largest absolute Gasteiger partial charge is 0.378 e. The molecule has 2 aromatic heterocycles. The van der Waals surface area contributed by atoms with E-state index in [-0.39, 0.29) is 23.8 Å². The molecular weight excluding hydrogens is 308 g/mol. The van der Waals surface area contributed by atoms with Crippen LogP contribution < -0.4 is 0 Å². The number of hydrogen-bond donors (Lipinski definition) is 0. The molecule has 7 nitrogen and oxygen atoms in total. The molecule has 4 heterocycles. The van der Waals surface area contributed by atoms with Gasteiger partial charge in [0.1, 0.15) is 11.3 Å². The molecule has 2 aromatic rings. The first-order chi connectivity index (χ1) is 11.5. The zero-order chi connectivity index (χ0) is 16.8. The topological polar surface area (TPSA) is 67.2 Å². The minimum absolute atomic E-state index is 0.0543. The smallest absolute Gasteiger partial charge is 0.274 e. The lowest BCUT2D eigenvalue weighted by Gasteiger charge is -2.28. The van der Waals surface area contributed by atoms with Gasteiger partial charge < -0.3 is 18.9 Å². The minimum atomic E-state index is -0.301. The Morgan fingerprint density at radius 3 is 2.96 bits per heavy atom. The molecule has 0 saturated carbocycles. The van der Waals surface area contributed by atoms with Gasteiger partial charge in [-0.1, -0.05) is 6.07 Å². The summed E-state index contributed by atoms with van der Waals surface area (Å²) in [6.45, 7) is 3.66. The van der Waals surface area contributed by atoms with Gasteiger partial charge in [0.05, 0.1) is 25.2 Å². The van der Waals surface area contributed by atoms with E-state index in [2.05, 4.69) is 4.98 Å². The second kappa shape index (κ2) is 5.59. The van der Waals surface area contributed by atoms with Gasteiger partial charge >= 0.3 is 0 Å². The molecule has 24 heavy (non-hydrogen) atoms. The SMILES string of the molecule is Cc1cccn2cc(C(=O)N3C[C@@H]4COC[C@H](C3)N(C)C4=O)nc12. The van der Waals surface area contributed by atoms with Gasteiger partial charge in [-0.15, -0.1) is 0 Å². The van der Waals surface area contributed by atoms with Crippen LogP contribution in [-0.4, -0.2) is 70.4 Å². The minimum Gasteiger partial charge on any atom is -0.378 e. The lowest BCUT2D eigenvalue weighted by Crippen LogP contribution is -2.45. The van der Waals surface area contributed by atoms with E-state index in [9.17, 15) is 9.59 Å². The molecule has 126 valence electrons. The monoisotopic (exact) mass is 328 g/mol. The second-order valence-electron chi connectivity index (χ2n) is 6.60. The Bertz CT molecular complexity index is 815. The van der Waals surface area contributed by atoms with Crippen molar-refractivity contribution in [2.45, 2.75) is 13.0 Å². The Balaban J connectivity index is 1.66. The van der Waals surface area contributed by atoms with Gasteiger partial charge in [0.2, 0.25) is 5.91 Å². The Kier molecular flexibility index (Phi) is 3.53. The summed E-state index contributed by atoms with van der Waals surface area (Å²) in [7, 11) is 1.79. The van der Waals surface area contributed by atoms with E-state index in [0.29, 0.717) is 32.0 Å². The predicted molar refractivity (Wildman–Crippen MR) is 86.7 cm³/mol. The summed E-state index contributed by atoms with van der Waals surface area (Å²) in [5, 5.41) is 0. The van der Waals surface area contributed by atoms with Gasteiger partial charge in [-0.05, 0) is 18.6 Å². The standard InChI is InChI=1S/C17H20N4O3/c1-11-4-3-5-20-8-14(18-15(11)20)17(23)21-6-12-9-24-10-13(7-21)19(2)16(12)22/h3-5,8,12-13H,6-7,9-10H2,1-2H3/t12-,13+/m1/s1. The van der Waals surface area contributed by atoms with E-state index >= 15 is 0 Å². The molecule has 0 N–H and O–H groups in total. The quantitative estimate of drug-likeness (QED) is 0.768. The molecule has 2 aliphatic heterocycles. The van der Waals surface area contributed by atoms with Crippen molar-refractivity contribution < 1.29 is 14.3 Å². The van der Waals surface area contributed by atoms with Crippen LogP contribution >= 0.6 is 0 Å². The van der Waals surface area contributed by atoms with Crippen molar-refractivity contribution in [3.8, 4) is 0 Å². The van der Waals surface area contributed by atoms with Crippen LogP contribution in [0.1, 0.15) is 16.1 Å². The molecule has 2 saturated heterocycles. The first-order valence-electron chi connectivity index (χ1n) is 8.12. The van der Waals surface area contributed by atoms with Crippen molar-refractivity contribution in [3.05, 3.63) is 35.8 Å². The normalized spacial score (nSPS) is 24.3. The van der Waals surface area contributed by atoms with Crippen molar-refractivity contribution in [3.63, 3.8) is 0 Å². The first kappa shape index (κ1) is 15.1. The van der Waals surface area contributed by atoms with Crippen molar-refractivity contribution in [1.29, 1.82) is 0 Å². The van der Waals surface area contributed by atoms with Crippen LogP contribution in [0.4, 0.5) is 0 Å². The number of nitrogens with zero attached hydrogens (tertiary/aromatic N) is 4. The zero-order valence-electron chi connectivity index (χ0n) is 13.8. The van der Waals surface area contributed by atoms with E-state index < -0.39 is 0 Å². The van der Waals surface area contributed by atoms with Gasteiger partial charge in [0.25, 0.3) is 5.91 Å². The number of carbonyl (C=O) groups is 2. The highest BCUT2D eigenvalue weighted by atomic mass is 16.5. The Morgan fingerprint density at radius 1 is 1.33 bits per heavy atom. The maximum Gasteiger partial charge on any atom is 0.274 e. The van der Waals surface area contributed by atoms with Crippen LogP contribution in [0.2, 0.25) is 0 Å². The number of rotatable bonds is 1. The molecule has 2 aliphatic rings. The van der Waals surface area contributed by atoms with Crippen LogP contribution in [0.15, 0.2) is 24.5 Å². The maximum absolute atomic E-state index is 13.0. The number of imidazole rings is 1. The van der Waals surface area contributed by atoms with E-state index in [4.69, 9.17) is 4.74 Å². The fourth-order valence-corrected chi connectivity index (χ4v) is 3.48. The molecule has 0 radical (unpaired) electrons. The summed E-state index contributed by atoms with van der Waals surface area (Å²) in [5.74, 6) is -0.373. The number of aryl methyl sites for hydroxylation is 1. The zero-order valence-corrected chi connectivity index (χ0v) is 13.8. The molecule has 0 aliphatic carbocycles. The average Bonchev–Trinajstić information content (AvgIpc) is 2.89.